The topological polar surface area (TPSA) is 76.5 Å². The summed E-state index contributed by atoms with van der Waals surface area (Å²) in [6.45, 7) is 3.94. The van der Waals surface area contributed by atoms with Crippen molar-refractivity contribution in [1.82, 2.24) is 9.97 Å². The van der Waals surface area contributed by atoms with E-state index in [-0.39, 0.29) is 6.10 Å². The number of aryl methyl sites for hydroxylation is 1. The minimum atomic E-state index is -0.182. The zero-order chi connectivity index (χ0) is 17.2. The number of aromatic nitrogens is 2. The Morgan fingerprint density at radius 1 is 1.12 bits per heavy atom. The van der Waals surface area contributed by atoms with Gasteiger partial charge < -0.3 is 19.9 Å². The summed E-state index contributed by atoms with van der Waals surface area (Å²) in [5, 5.41) is 12.9. The third-order valence-corrected chi connectivity index (χ3v) is 4.67. The molecule has 132 valence electrons. The number of rotatable bonds is 4. The first-order valence-electron chi connectivity index (χ1n) is 8.83. The third-order valence-electron chi connectivity index (χ3n) is 4.67. The molecular formula is C19H23N3O3. The van der Waals surface area contributed by atoms with E-state index < -0.39 is 0 Å². The van der Waals surface area contributed by atoms with E-state index in [4.69, 9.17) is 9.47 Å². The van der Waals surface area contributed by atoms with Gasteiger partial charge in [-0.2, -0.15) is 0 Å². The summed E-state index contributed by atoms with van der Waals surface area (Å²) in [5.74, 6) is 3.52. The summed E-state index contributed by atoms with van der Waals surface area (Å²) in [4.78, 5) is 8.99. The van der Waals surface area contributed by atoms with Crippen LogP contribution in [-0.2, 0) is 6.54 Å². The van der Waals surface area contributed by atoms with Gasteiger partial charge in [0.1, 0.15) is 11.6 Å². The first-order valence-corrected chi connectivity index (χ1v) is 8.83. The number of fused-ring (bicyclic) bond motifs is 1. The summed E-state index contributed by atoms with van der Waals surface area (Å²) >= 11 is 0. The van der Waals surface area contributed by atoms with Crippen molar-refractivity contribution in [2.45, 2.75) is 44.8 Å². The van der Waals surface area contributed by atoms with Crippen molar-refractivity contribution < 1.29 is 14.6 Å². The van der Waals surface area contributed by atoms with Gasteiger partial charge >= 0.3 is 0 Å². The second-order valence-electron chi connectivity index (χ2n) is 6.73. The van der Waals surface area contributed by atoms with Gasteiger partial charge in [-0.3, -0.25) is 0 Å². The van der Waals surface area contributed by atoms with Crippen LogP contribution in [0.3, 0.4) is 0 Å². The number of hydrogen-bond donors (Lipinski definition) is 2. The molecule has 6 nitrogen and oxygen atoms in total. The average molecular weight is 341 g/mol. The largest absolute Gasteiger partial charge is 0.490 e. The number of aliphatic hydroxyl groups excluding tert-OH is 1. The highest BCUT2D eigenvalue weighted by Gasteiger charge is 2.30. The summed E-state index contributed by atoms with van der Waals surface area (Å²) < 4.78 is 11.4. The minimum Gasteiger partial charge on any atom is -0.490 e. The van der Waals surface area contributed by atoms with Gasteiger partial charge in [-0.1, -0.05) is 6.07 Å². The predicted octanol–water partition coefficient (Wildman–Crippen LogP) is 2.80. The van der Waals surface area contributed by atoms with Crippen LogP contribution in [0.25, 0.3) is 0 Å². The molecule has 1 fully saturated rings. The van der Waals surface area contributed by atoms with Crippen LogP contribution in [0, 0.1) is 6.92 Å². The quantitative estimate of drug-likeness (QED) is 0.890. The fourth-order valence-corrected chi connectivity index (χ4v) is 3.23. The molecule has 1 aromatic heterocycles. The molecule has 0 radical (unpaired) electrons. The Morgan fingerprint density at radius 3 is 2.72 bits per heavy atom. The van der Waals surface area contributed by atoms with Gasteiger partial charge in [0.25, 0.3) is 0 Å². The fourth-order valence-electron chi connectivity index (χ4n) is 3.23. The molecule has 2 N–H and O–H groups in total. The van der Waals surface area contributed by atoms with Gasteiger partial charge in [-0.05, 0) is 37.5 Å². The average Bonchev–Trinajstić information content (AvgIpc) is 2.81. The second kappa shape index (κ2) is 6.88. The highest BCUT2D eigenvalue weighted by molar-refractivity contribution is 5.45. The van der Waals surface area contributed by atoms with Crippen molar-refractivity contribution >= 4 is 5.82 Å². The maximum Gasteiger partial charge on any atom is 0.161 e. The smallest absolute Gasteiger partial charge is 0.161 e. The Morgan fingerprint density at radius 2 is 1.92 bits per heavy atom. The fraction of sp³-hybridized carbons (Fsp3) is 0.474. The van der Waals surface area contributed by atoms with Crippen molar-refractivity contribution in [3.05, 3.63) is 41.3 Å². The first-order chi connectivity index (χ1) is 12.2. The Hall–Kier alpha value is -2.34. The number of hydrogen-bond acceptors (Lipinski definition) is 6. The van der Waals surface area contributed by atoms with Crippen molar-refractivity contribution in [3.8, 4) is 11.5 Å². The maximum absolute atomic E-state index is 9.51. The zero-order valence-electron chi connectivity index (χ0n) is 14.4. The Kier molecular flexibility index (Phi) is 4.44. The van der Waals surface area contributed by atoms with Crippen molar-refractivity contribution in [3.63, 3.8) is 0 Å². The monoisotopic (exact) mass is 341 g/mol. The van der Waals surface area contributed by atoms with Crippen molar-refractivity contribution in [2.75, 3.05) is 18.5 Å². The van der Waals surface area contributed by atoms with Crippen LogP contribution in [0.15, 0.2) is 24.3 Å². The van der Waals surface area contributed by atoms with Crippen LogP contribution in [0.2, 0.25) is 0 Å². The molecule has 1 aliphatic carbocycles. The lowest BCUT2D eigenvalue weighted by atomic mass is 9.80. The lowest BCUT2D eigenvalue weighted by Crippen LogP contribution is -2.27. The van der Waals surface area contributed by atoms with E-state index in [1.54, 1.807) is 0 Å². The maximum atomic E-state index is 9.51. The van der Waals surface area contributed by atoms with Gasteiger partial charge in [0, 0.05) is 30.6 Å². The molecule has 1 saturated carbocycles. The standard InChI is InChI=1S/C19H23N3O3/c1-12-21-16(14-8-15(23)9-14)10-19(22-12)20-11-13-3-4-17-18(7-13)25-6-2-5-24-17/h3-4,7,10,14-15,23H,2,5-6,8-9,11H2,1H3,(H,20,21,22). The molecule has 0 atom stereocenters. The molecule has 2 aliphatic rings. The van der Waals surface area contributed by atoms with E-state index in [0.29, 0.717) is 25.7 Å². The van der Waals surface area contributed by atoms with Gasteiger partial charge in [-0.15, -0.1) is 0 Å². The van der Waals surface area contributed by atoms with E-state index >= 15 is 0 Å². The molecule has 6 heteroatoms. The molecule has 2 aromatic rings. The first kappa shape index (κ1) is 16.1. The SMILES string of the molecule is Cc1nc(NCc2ccc3c(c2)OCCCO3)cc(C2CC(O)C2)n1. The predicted molar refractivity (Wildman–Crippen MR) is 94.1 cm³/mol. The summed E-state index contributed by atoms with van der Waals surface area (Å²) in [6, 6.07) is 8.01. The highest BCUT2D eigenvalue weighted by atomic mass is 16.5. The minimum absolute atomic E-state index is 0.182. The number of nitrogens with one attached hydrogen (secondary N) is 1. The summed E-state index contributed by atoms with van der Waals surface area (Å²) in [7, 11) is 0. The number of aliphatic hydroxyl groups is 1. The van der Waals surface area contributed by atoms with Crippen LogP contribution in [0.4, 0.5) is 5.82 Å². The van der Waals surface area contributed by atoms with E-state index in [1.165, 1.54) is 0 Å². The highest BCUT2D eigenvalue weighted by Crippen LogP contribution is 2.36. The normalized spacial score (nSPS) is 22.0. The Bertz CT molecular complexity index is 760. The van der Waals surface area contributed by atoms with Crippen LogP contribution in [0.1, 0.15) is 42.3 Å². The molecule has 2 heterocycles. The summed E-state index contributed by atoms with van der Waals surface area (Å²) in [5.41, 5.74) is 2.13. The number of anilines is 1. The van der Waals surface area contributed by atoms with E-state index in [0.717, 1.165) is 53.7 Å². The molecule has 4 rings (SSSR count). The molecule has 25 heavy (non-hydrogen) atoms. The van der Waals surface area contributed by atoms with Gasteiger partial charge in [0.2, 0.25) is 0 Å². The third kappa shape index (κ3) is 3.69. The molecular weight excluding hydrogens is 318 g/mol. The van der Waals surface area contributed by atoms with Crippen LogP contribution in [0.5, 0.6) is 11.5 Å². The zero-order valence-corrected chi connectivity index (χ0v) is 14.4. The molecule has 0 spiro atoms. The molecule has 1 aromatic carbocycles. The number of ether oxygens (including phenoxy) is 2. The van der Waals surface area contributed by atoms with E-state index in [1.807, 2.05) is 31.2 Å². The van der Waals surface area contributed by atoms with Crippen LogP contribution in [-0.4, -0.2) is 34.4 Å². The van der Waals surface area contributed by atoms with Crippen molar-refractivity contribution in [1.29, 1.82) is 0 Å². The molecule has 0 bridgehead atoms. The number of benzene rings is 1. The van der Waals surface area contributed by atoms with E-state index in [9.17, 15) is 5.11 Å². The summed E-state index contributed by atoms with van der Waals surface area (Å²) in [6.07, 6.45) is 2.30. The molecule has 0 amide bonds. The lowest BCUT2D eigenvalue weighted by Gasteiger charge is -2.31. The van der Waals surface area contributed by atoms with Gasteiger partial charge in [0.05, 0.1) is 19.3 Å². The molecule has 0 unspecified atom stereocenters. The molecule has 0 saturated heterocycles. The van der Waals surface area contributed by atoms with Crippen LogP contribution < -0.4 is 14.8 Å². The van der Waals surface area contributed by atoms with Crippen LogP contribution >= 0.6 is 0 Å². The molecule has 1 aliphatic heterocycles. The Balaban J connectivity index is 1.45. The van der Waals surface area contributed by atoms with Gasteiger partial charge in [0.15, 0.2) is 11.5 Å². The van der Waals surface area contributed by atoms with E-state index in [2.05, 4.69) is 15.3 Å². The van der Waals surface area contributed by atoms with Crippen molar-refractivity contribution in [2.24, 2.45) is 0 Å². The second-order valence-corrected chi connectivity index (χ2v) is 6.73. The van der Waals surface area contributed by atoms with Gasteiger partial charge in [-0.25, -0.2) is 9.97 Å². The number of nitrogens with zero attached hydrogens (tertiary/aromatic N) is 2. The Labute approximate surface area is 147 Å². The lowest BCUT2D eigenvalue weighted by molar-refractivity contribution is 0.0731.